The maximum absolute atomic E-state index is 10.4. The van der Waals surface area contributed by atoms with Crippen molar-refractivity contribution in [2.24, 2.45) is 5.41 Å². The molecule has 0 spiro atoms. The van der Waals surface area contributed by atoms with Gasteiger partial charge in [-0.15, -0.1) is 0 Å². The Morgan fingerprint density at radius 3 is 2.00 bits per heavy atom. The molecule has 0 aliphatic rings. The zero-order valence-corrected chi connectivity index (χ0v) is 11.3. The lowest BCUT2D eigenvalue weighted by atomic mass is 9.83. The van der Waals surface area contributed by atoms with Gasteiger partial charge in [0.25, 0.3) is 0 Å². The van der Waals surface area contributed by atoms with Crippen LogP contribution >= 0.6 is 0 Å². The molecule has 1 atom stereocenters. The van der Waals surface area contributed by atoms with E-state index < -0.39 is 11.5 Å². The first-order chi connectivity index (χ1) is 9.09. The molecule has 0 saturated heterocycles. The highest BCUT2D eigenvalue weighted by Crippen LogP contribution is 2.32. The third kappa shape index (κ3) is 3.47. The molecule has 96 valence electrons. The number of rotatable bonds is 2. The summed E-state index contributed by atoms with van der Waals surface area (Å²) in [6.07, 6.45) is -0.593. The van der Waals surface area contributed by atoms with Crippen molar-refractivity contribution in [3.63, 3.8) is 0 Å². The molecule has 0 aliphatic heterocycles. The van der Waals surface area contributed by atoms with Crippen molar-refractivity contribution in [3.05, 3.63) is 71.8 Å². The van der Waals surface area contributed by atoms with Gasteiger partial charge in [-0.05, 0) is 31.5 Å². The number of aliphatic hydroxyl groups excluding tert-OH is 1. The average molecular weight is 250 g/mol. The van der Waals surface area contributed by atoms with Crippen LogP contribution in [0.3, 0.4) is 0 Å². The van der Waals surface area contributed by atoms with Crippen LogP contribution in [0.15, 0.2) is 60.7 Å². The van der Waals surface area contributed by atoms with Gasteiger partial charge in [0.1, 0.15) is 0 Å². The van der Waals surface area contributed by atoms with E-state index in [1.807, 2.05) is 74.5 Å². The lowest BCUT2D eigenvalue weighted by molar-refractivity contribution is 0.0881. The highest BCUT2D eigenvalue weighted by molar-refractivity contribution is 5.36. The molecule has 1 heteroatoms. The number of hydrogen-bond donors (Lipinski definition) is 1. The van der Waals surface area contributed by atoms with Crippen molar-refractivity contribution in [1.29, 1.82) is 0 Å². The summed E-state index contributed by atoms with van der Waals surface area (Å²) in [5.41, 5.74) is 1.38. The summed E-state index contributed by atoms with van der Waals surface area (Å²) in [4.78, 5) is 0. The second-order valence-electron chi connectivity index (χ2n) is 5.15. The Labute approximate surface area is 114 Å². The number of aliphatic hydroxyl groups is 1. The van der Waals surface area contributed by atoms with Crippen LogP contribution in [0.25, 0.3) is 0 Å². The maximum atomic E-state index is 10.4. The van der Waals surface area contributed by atoms with E-state index in [1.165, 1.54) is 0 Å². The molecule has 0 aliphatic carbocycles. The van der Waals surface area contributed by atoms with Crippen molar-refractivity contribution in [2.45, 2.75) is 20.0 Å². The summed E-state index contributed by atoms with van der Waals surface area (Å²) in [6, 6.07) is 19.5. The van der Waals surface area contributed by atoms with Crippen LogP contribution in [0, 0.1) is 17.3 Å². The van der Waals surface area contributed by atoms with E-state index in [-0.39, 0.29) is 0 Å². The minimum absolute atomic E-state index is 0.489. The summed E-state index contributed by atoms with van der Waals surface area (Å²) in [7, 11) is 0. The monoisotopic (exact) mass is 250 g/mol. The van der Waals surface area contributed by atoms with Gasteiger partial charge in [-0.1, -0.05) is 60.4 Å². The van der Waals surface area contributed by atoms with Gasteiger partial charge >= 0.3 is 0 Å². The normalized spacial score (nSPS) is 12.4. The minimum Gasteiger partial charge on any atom is -0.387 e. The Balaban J connectivity index is 2.22. The fourth-order valence-electron chi connectivity index (χ4n) is 1.88. The third-order valence-electron chi connectivity index (χ3n) is 3.10. The van der Waals surface area contributed by atoms with Gasteiger partial charge in [0.05, 0.1) is 11.5 Å². The van der Waals surface area contributed by atoms with E-state index >= 15 is 0 Å². The van der Waals surface area contributed by atoms with Crippen molar-refractivity contribution in [1.82, 2.24) is 0 Å². The second kappa shape index (κ2) is 5.73. The van der Waals surface area contributed by atoms with E-state index in [2.05, 4.69) is 11.8 Å². The topological polar surface area (TPSA) is 20.2 Å². The molecule has 19 heavy (non-hydrogen) atoms. The van der Waals surface area contributed by atoms with Crippen LogP contribution < -0.4 is 0 Å². The fourth-order valence-corrected chi connectivity index (χ4v) is 1.88. The standard InChI is InChI=1S/C18H18O/c1-18(2,14-13-15-9-5-3-6-10-15)17(19)16-11-7-4-8-12-16/h3-12,17,19H,1-2H3. The molecular weight excluding hydrogens is 232 g/mol. The molecule has 2 rings (SSSR count). The van der Waals surface area contributed by atoms with Gasteiger partial charge in [-0.3, -0.25) is 0 Å². The Bertz CT molecular complexity index is 573. The molecule has 0 bridgehead atoms. The molecule has 1 N–H and O–H groups in total. The summed E-state index contributed by atoms with van der Waals surface area (Å²) < 4.78 is 0. The summed E-state index contributed by atoms with van der Waals surface area (Å²) >= 11 is 0. The Morgan fingerprint density at radius 2 is 1.42 bits per heavy atom. The lowest BCUT2D eigenvalue weighted by Gasteiger charge is -2.25. The van der Waals surface area contributed by atoms with E-state index in [0.717, 1.165) is 11.1 Å². The SMILES string of the molecule is CC(C)(C#Cc1ccccc1)C(O)c1ccccc1. The molecule has 0 amide bonds. The van der Waals surface area contributed by atoms with Crippen LogP contribution in [0.5, 0.6) is 0 Å². The molecule has 1 nitrogen and oxygen atoms in total. The van der Waals surface area contributed by atoms with Crippen LogP contribution in [0.2, 0.25) is 0 Å². The molecule has 2 aromatic carbocycles. The van der Waals surface area contributed by atoms with Crippen molar-refractivity contribution in [3.8, 4) is 11.8 Å². The minimum atomic E-state index is -0.593. The fraction of sp³-hybridized carbons (Fsp3) is 0.222. The first-order valence-electron chi connectivity index (χ1n) is 6.41. The highest BCUT2D eigenvalue weighted by Gasteiger charge is 2.26. The van der Waals surface area contributed by atoms with E-state index in [9.17, 15) is 5.11 Å². The number of benzene rings is 2. The molecule has 0 radical (unpaired) electrons. The smallest absolute Gasteiger partial charge is 0.0950 e. The number of hydrogen-bond acceptors (Lipinski definition) is 1. The quantitative estimate of drug-likeness (QED) is 0.804. The highest BCUT2D eigenvalue weighted by atomic mass is 16.3. The zero-order valence-electron chi connectivity index (χ0n) is 11.3. The summed E-state index contributed by atoms with van der Waals surface area (Å²) in [6.45, 7) is 3.92. The molecule has 1 unspecified atom stereocenters. The van der Waals surface area contributed by atoms with Gasteiger partial charge in [-0.25, -0.2) is 0 Å². The van der Waals surface area contributed by atoms with Crippen LogP contribution in [0.4, 0.5) is 0 Å². The molecular formula is C18H18O. The van der Waals surface area contributed by atoms with Crippen molar-refractivity contribution in [2.75, 3.05) is 0 Å². The first-order valence-corrected chi connectivity index (χ1v) is 6.41. The van der Waals surface area contributed by atoms with E-state index in [1.54, 1.807) is 0 Å². The second-order valence-corrected chi connectivity index (χ2v) is 5.15. The predicted octanol–water partition coefficient (Wildman–Crippen LogP) is 3.80. The van der Waals surface area contributed by atoms with Gasteiger partial charge in [-0.2, -0.15) is 0 Å². The average Bonchev–Trinajstić information content (AvgIpc) is 2.46. The summed E-state index contributed by atoms with van der Waals surface area (Å²) in [5, 5.41) is 10.4. The van der Waals surface area contributed by atoms with Crippen molar-refractivity contribution < 1.29 is 5.11 Å². The largest absolute Gasteiger partial charge is 0.387 e. The van der Waals surface area contributed by atoms with Crippen LogP contribution in [-0.2, 0) is 0 Å². The van der Waals surface area contributed by atoms with E-state index in [4.69, 9.17) is 0 Å². The third-order valence-corrected chi connectivity index (χ3v) is 3.10. The van der Waals surface area contributed by atoms with Gasteiger partial charge in [0.2, 0.25) is 0 Å². The van der Waals surface area contributed by atoms with Crippen LogP contribution in [-0.4, -0.2) is 5.11 Å². The Hall–Kier alpha value is -2.04. The molecule has 2 aromatic rings. The molecule has 0 aromatic heterocycles. The van der Waals surface area contributed by atoms with Crippen LogP contribution in [0.1, 0.15) is 31.1 Å². The predicted molar refractivity (Wildman–Crippen MR) is 78.5 cm³/mol. The summed E-state index contributed by atoms with van der Waals surface area (Å²) in [5.74, 6) is 6.30. The van der Waals surface area contributed by atoms with E-state index in [0.29, 0.717) is 0 Å². The van der Waals surface area contributed by atoms with Gasteiger partial charge < -0.3 is 5.11 Å². The molecule has 0 fully saturated rings. The molecule has 0 saturated carbocycles. The zero-order chi connectivity index (χ0) is 13.7. The Kier molecular flexibility index (Phi) is 4.04. The van der Waals surface area contributed by atoms with Gasteiger partial charge in [0.15, 0.2) is 0 Å². The van der Waals surface area contributed by atoms with Crippen molar-refractivity contribution >= 4 is 0 Å². The molecule has 0 heterocycles. The first kappa shape index (κ1) is 13.4. The Morgan fingerprint density at radius 1 is 0.895 bits per heavy atom. The van der Waals surface area contributed by atoms with Gasteiger partial charge in [0, 0.05) is 5.56 Å². The lowest BCUT2D eigenvalue weighted by Crippen LogP contribution is -2.20. The maximum Gasteiger partial charge on any atom is 0.0950 e.